The van der Waals surface area contributed by atoms with E-state index in [0.29, 0.717) is 11.8 Å². The van der Waals surface area contributed by atoms with E-state index in [1.165, 1.54) is 0 Å². The Hall–Kier alpha value is -2.50. The highest BCUT2D eigenvalue weighted by Crippen LogP contribution is 2.31. The van der Waals surface area contributed by atoms with Gasteiger partial charge in [-0.25, -0.2) is 9.36 Å². The molecule has 11 heteroatoms. The van der Waals surface area contributed by atoms with Gasteiger partial charge in [-0.1, -0.05) is 69.6 Å². The number of para-hydroxylation sites is 2. The molecule has 0 atom stereocenters. The summed E-state index contributed by atoms with van der Waals surface area (Å²) in [5.41, 5.74) is 3.82. The first-order chi connectivity index (χ1) is 13.4. The van der Waals surface area contributed by atoms with Crippen molar-refractivity contribution in [1.82, 2.24) is 40.2 Å². The van der Waals surface area contributed by atoms with Crippen LogP contribution in [-0.2, 0) is 11.8 Å². The summed E-state index contributed by atoms with van der Waals surface area (Å²) in [6.07, 6.45) is 0. The zero-order valence-corrected chi connectivity index (χ0v) is 16.3. The van der Waals surface area contributed by atoms with Crippen LogP contribution in [0.25, 0.3) is 22.1 Å². The second kappa shape index (κ2) is 7.25. The molecular formula is C16H12N8S3. The molecule has 0 spiro atoms. The molecule has 134 valence electrons. The minimum absolute atomic E-state index is 0.646. The molecule has 2 aromatic carbocycles. The van der Waals surface area contributed by atoms with E-state index in [4.69, 9.17) is 0 Å². The van der Waals surface area contributed by atoms with Gasteiger partial charge in [-0.3, -0.25) is 0 Å². The van der Waals surface area contributed by atoms with E-state index in [2.05, 4.69) is 30.8 Å². The molecule has 0 radical (unpaired) electrons. The molecule has 0 fully saturated rings. The summed E-state index contributed by atoms with van der Waals surface area (Å²) < 4.78 is 5.55. The summed E-state index contributed by atoms with van der Waals surface area (Å²) in [4.78, 5) is 0. The molecule has 27 heavy (non-hydrogen) atoms. The van der Waals surface area contributed by atoms with Crippen LogP contribution in [-0.4, -0.2) is 40.2 Å². The normalized spacial score (nSPS) is 11.6. The summed E-state index contributed by atoms with van der Waals surface area (Å²) in [5.74, 6) is 1.29. The summed E-state index contributed by atoms with van der Waals surface area (Å²) in [6, 6.07) is 15.8. The largest absolute Gasteiger partial charge is 0.234 e. The Labute approximate surface area is 166 Å². The summed E-state index contributed by atoms with van der Waals surface area (Å²) in [7, 11) is 0. The maximum Gasteiger partial charge on any atom is 0.176 e. The Morgan fingerprint density at radius 3 is 1.67 bits per heavy atom. The second-order valence-electron chi connectivity index (χ2n) is 5.54. The molecule has 5 aromatic rings. The Morgan fingerprint density at radius 2 is 1.15 bits per heavy atom. The quantitative estimate of drug-likeness (QED) is 0.392. The molecule has 0 amide bonds. The van der Waals surface area contributed by atoms with E-state index in [1.54, 1.807) is 34.9 Å². The highest BCUT2D eigenvalue weighted by molar-refractivity contribution is 8.02. The van der Waals surface area contributed by atoms with Gasteiger partial charge in [-0.15, -0.1) is 20.4 Å². The summed E-state index contributed by atoms with van der Waals surface area (Å²) >= 11 is 4.76. The standard InChI is InChI=1S/C16H12N8S3/c1-3-7-13-11(5-1)17-21-23(13)9-25-15-19-20-16(27-15)26-10-24-14-8-4-2-6-12(14)18-22-24/h1-8H,9-10H2. The van der Waals surface area contributed by atoms with Crippen LogP contribution in [0.15, 0.2) is 57.2 Å². The lowest BCUT2D eigenvalue weighted by Crippen LogP contribution is -1.96. The van der Waals surface area contributed by atoms with Crippen LogP contribution in [0, 0.1) is 0 Å². The van der Waals surface area contributed by atoms with Crippen molar-refractivity contribution in [3.8, 4) is 0 Å². The molecule has 0 aliphatic rings. The van der Waals surface area contributed by atoms with Crippen molar-refractivity contribution in [2.45, 2.75) is 20.4 Å². The fraction of sp³-hybridized carbons (Fsp3) is 0.125. The van der Waals surface area contributed by atoms with Gasteiger partial charge in [0.15, 0.2) is 8.68 Å². The van der Waals surface area contributed by atoms with Gasteiger partial charge in [0.1, 0.15) is 11.0 Å². The van der Waals surface area contributed by atoms with E-state index in [1.807, 2.05) is 57.9 Å². The predicted octanol–water partition coefficient (Wildman–Crippen LogP) is 3.53. The molecule has 0 saturated heterocycles. The summed E-state index contributed by atoms with van der Waals surface area (Å²) in [6.45, 7) is 0. The number of thioether (sulfide) groups is 2. The monoisotopic (exact) mass is 412 g/mol. The zero-order chi connectivity index (χ0) is 18.1. The van der Waals surface area contributed by atoms with Crippen LogP contribution in [0.3, 0.4) is 0 Å². The van der Waals surface area contributed by atoms with E-state index < -0.39 is 0 Å². The molecular weight excluding hydrogens is 400 g/mol. The predicted molar refractivity (Wildman–Crippen MR) is 107 cm³/mol. The molecule has 0 aliphatic carbocycles. The fourth-order valence-corrected chi connectivity index (χ4v) is 5.35. The number of aromatic nitrogens is 8. The first-order valence-electron chi connectivity index (χ1n) is 8.02. The minimum atomic E-state index is 0.646. The van der Waals surface area contributed by atoms with Crippen LogP contribution in [0.5, 0.6) is 0 Å². The molecule has 8 nitrogen and oxygen atoms in total. The molecule has 0 unspecified atom stereocenters. The molecule has 5 rings (SSSR count). The van der Waals surface area contributed by atoms with Crippen molar-refractivity contribution in [1.29, 1.82) is 0 Å². The van der Waals surface area contributed by atoms with Crippen LogP contribution < -0.4 is 0 Å². The molecule has 3 aromatic heterocycles. The lowest BCUT2D eigenvalue weighted by atomic mass is 10.3. The maximum absolute atomic E-state index is 4.26. The summed E-state index contributed by atoms with van der Waals surface area (Å²) in [5, 5.41) is 25.2. The number of hydrogen-bond acceptors (Lipinski definition) is 9. The minimum Gasteiger partial charge on any atom is -0.234 e. The van der Waals surface area contributed by atoms with Crippen LogP contribution in [0.1, 0.15) is 0 Å². The van der Waals surface area contributed by atoms with Crippen molar-refractivity contribution in [3.05, 3.63) is 48.5 Å². The number of fused-ring (bicyclic) bond motifs is 2. The van der Waals surface area contributed by atoms with Gasteiger partial charge in [-0.2, -0.15) is 0 Å². The number of hydrogen-bond donors (Lipinski definition) is 0. The molecule has 0 bridgehead atoms. The van der Waals surface area contributed by atoms with Crippen molar-refractivity contribution in [2.24, 2.45) is 0 Å². The second-order valence-corrected chi connectivity index (χ2v) is 8.90. The Balaban J connectivity index is 1.23. The van der Waals surface area contributed by atoms with Gasteiger partial charge >= 0.3 is 0 Å². The van der Waals surface area contributed by atoms with Crippen LogP contribution >= 0.6 is 34.9 Å². The van der Waals surface area contributed by atoms with Gasteiger partial charge in [0.25, 0.3) is 0 Å². The average molecular weight is 413 g/mol. The Kier molecular flexibility index (Phi) is 4.47. The van der Waals surface area contributed by atoms with Gasteiger partial charge < -0.3 is 0 Å². The Bertz CT molecular complexity index is 1120. The highest BCUT2D eigenvalue weighted by Gasteiger charge is 2.10. The van der Waals surface area contributed by atoms with E-state index >= 15 is 0 Å². The van der Waals surface area contributed by atoms with Crippen molar-refractivity contribution in [3.63, 3.8) is 0 Å². The van der Waals surface area contributed by atoms with E-state index in [-0.39, 0.29) is 0 Å². The average Bonchev–Trinajstić information content (AvgIpc) is 3.43. The van der Waals surface area contributed by atoms with Crippen LogP contribution in [0.4, 0.5) is 0 Å². The fourth-order valence-electron chi connectivity index (χ4n) is 2.57. The molecule has 0 aliphatic heterocycles. The van der Waals surface area contributed by atoms with Crippen LogP contribution in [0.2, 0.25) is 0 Å². The number of rotatable bonds is 6. The molecule has 3 heterocycles. The maximum atomic E-state index is 4.26. The number of nitrogens with zero attached hydrogens (tertiary/aromatic N) is 8. The van der Waals surface area contributed by atoms with Gasteiger partial charge in [0, 0.05) is 0 Å². The van der Waals surface area contributed by atoms with Gasteiger partial charge in [0.05, 0.1) is 22.8 Å². The smallest absolute Gasteiger partial charge is 0.176 e. The van der Waals surface area contributed by atoms with Crippen molar-refractivity contribution < 1.29 is 0 Å². The third-order valence-electron chi connectivity index (χ3n) is 3.85. The topological polar surface area (TPSA) is 87.2 Å². The third kappa shape index (κ3) is 3.40. The van der Waals surface area contributed by atoms with E-state index in [0.717, 1.165) is 30.7 Å². The zero-order valence-electron chi connectivity index (χ0n) is 13.8. The molecule has 0 saturated carbocycles. The van der Waals surface area contributed by atoms with E-state index in [9.17, 15) is 0 Å². The van der Waals surface area contributed by atoms with Gasteiger partial charge in [0.2, 0.25) is 0 Å². The SMILES string of the molecule is c1ccc2c(c1)nnn2CSc1nnc(SCn2nnc3ccccc32)s1. The Morgan fingerprint density at radius 1 is 0.667 bits per heavy atom. The lowest BCUT2D eigenvalue weighted by molar-refractivity contribution is 0.721. The van der Waals surface area contributed by atoms with Crippen molar-refractivity contribution >= 4 is 56.9 Å². The lowest BCUT2D eigenvalue weighted by Gasteiger charge is -1.99. The number of benzene rings is 2. The highest BCUT2D eigenvalue weighted by atomic mass is 32.2. The first-order valence-corrected chi connectivity index (χ1v) is 10.8. The van der Waals surface area contributed by atoms with Crippen molar-refractivity contribution in [2.75, 3.05) is 0 Å². The molecule has 0 N–H and O–H groups in total. The third-order valence-corrected chi connectivity index (χ3v) is 6.97. The van der Waals surface area contributed by atoms with Gasteiger partial charge in [-0.05, 0) is 24.3 Å². The first kappa shape index (κ1) is 16.7.